The van der Waals surface area contributed by atoms with E-state index < -0.39 is 6.03 Å². The second-order valence-corrected chi connectivity index (χ2v) is 3.73. The van der Waals surface area contributed by atoms with E-state index in [4.69, 9.17) is 5.73 Å². The number of hydrogen-bond donors (Lipinski definition) is 3. The van der Waals surface area contributed by atoms with E-state index >= 15 is 0 Å². The SMILES string of the molecule is CC(C)NCc1cccc(NC(N)=O)c1. The van der Waals surface area contributed by atoms with Crippen molar-refractivity contribution in [1.29, 1.82) is 0 Å². The van der Waals surface area contributed by atoms with E-state index in [2.05, 4.69) is 24.5 Å². The van der Waals surface area contributed by atoms with Crippen molar-refractivity contribution in [1.82, 2.24) is 5.32 Å². The Balaban J connectivity index is 2.61. The van der Waals surface area contributed by atoms with Gasteiger partial charge in [-0.05, 0) is 17.7 Å². The highest BCUT2D eigenvalue weighted by Crippen LogP contribution is 2.10. The van der Waals surface area contributed by atoms with Gasteiger partial charge in [0, 0.05) is 18.3 Å². The van der Waals surface area contributed by atoms with Crippen LogP contribution in [0.25, 0.3) is 0 Å². The quantitative estimate of drug-likeness (QED) is 0.703. The summed E-state index contributed by atoms with van der Waals surface area (Å²) in [7, 11) is 0. The van der Waals surface area contributed by atoms with Gasteiger partial charge >= 0.3 is 6.03 Å². The molecule has 1 rings (SSSR count). The van der Waals surface area contributed by atoms with E-state index in [1.54, 1.807) is 0 Å². The predicted molar refractivity (Wildman–Crippen MR) is 61.6 cm³/mol. The predicted octanol–water partition coefficient (Wildman–Crippen LogP) is 1.68. The molecule has 0 fully saturated rings. The number of primary amides is 1. The zero-order chi connectivity index (χ0) is 11.3. The fourth-order valence-electron chi connectivity index (χ4n) is 1.22. The molecule has 4 heteroatoms. The summed E-state index contributed by atoms with van der Waals surface area (Å²) in [4.78, 5) is 10.6. The molecule has 4 N–H and O–H groups in total. The number of rotatable bonds is 4. The second kappa shape index (κ2) is 5.36. The first-order chi connectivity index (χ1) is 7.08. The van der Waals surface area contributed by atoms with Crippen molar-refractivity contribution in [2.45, 2.75) is 26.4 Å². The molecule has 15 heavy (non-hydrogen) atoms. The molecule has 0 aliphatic heterocycles. The van der Waals surface area contributed by atoms with Gasteiger partial charge in [0.05, 0.1) is 0 Å². The molecule has 0 bridgehead atoms. The van der Waals surface area contributed by atoms with Crippen LogP contribution in [0.5, 0.6) is 0 Å². The Hall–Kier alpha value is -1.55. The molecule has 1 aromatic rings. The van der Waals surface area contributed by atoms with E-state index in [1.807, 2.05) is 24.3 Å². The molecule has 0 spiro atoms. The molecule has 82 valence electrons. The fraction of sp³-hybridized carbons (Fsp3) is 0.364. The van der Waals surface area contributed by atoms with Crippen molar-refractivity contribution >= 4 is 11.7 Å². The van der Waals surface area contributed by atoms with Gasteiger partial charge in [0.1, 0.15) is 0 Å². The number of nitrogens with one attached hydrogen (secondary N) is 2. The van der Waals surface area contributed by atoms with Crippen LogP contribution in [-0.2, 0) is 6.54 Å². The van der Waals surface area contributed by atoms with Crippen molar-refractivity contribution in [3.63, 3.8) is 0 Å². The number of nitrogens with two attached hydrogens (primary N) is 1. The van der Waals surface area contributed by atoms with E-state index in [0.717, 1.165) is 17.8 Å². The smallest absolute Gasteiger partial charge is 0.316 e. The highest BCUT2D eigenvalue weighted by molar-refractivity contribution is 5.87. The average molecular weight is 207 g/mol. The first-order valence-electron chi connectivity index (χ1n) is 4.96. The number of amides is 2. The maximum atomic E-state index is 10.6. The van der Waals surface area contributed by atoms with Crippen molar-refractivity contribution in [2.75, 3.05) is 5.32 Å². The lowest BCUT2D eigenvalue weighted by Crippen LogP contribution is -2.22. The molecule has 2 amide bonds. The Labute approximate surface area is 89.9 Å². The average Bonchev–Trinajstić information content (AvgIpc) is 2.14. The monoisotopic (exact) mass is 207 g/mol. The van der Waals surface area contributed by atoms with Crippen LogP contribution in [0.4, 0.5) is 10.5 Å². The van der Waals surface area contributed by atoms with Gasteiger partial charge in [0.2, 0.25) is 0 Å². The van der Waals surface area contributed by atoms with E-state index in [9.17, 15) is 4.79 Å². The zero-order valence-electron chi connectivity index (χ0n) is 9.08. The lowest BCUT2D eigenvalue weighted by atomic mass is 10.2. The van der Waals surface area contributed by atoms with Crippen LogP contribution in [0.3, 0.4) is 0 Å². The number of anilines is 1. The van der Waals surface area contributed by atoms with E-state index in [-0.39, 0.29) is 0 Å². The molecule has 0 aliphatic carbocycles. The van der Waals surface area contributed by atoms with Crippen LogP contribution < -0.4 is 16.4 Å². The molecule has 4 nitrogen and oxygen atoms in total. The molecule has 0 aromatic heterocycles. The van der Waals surface area contributed by atoms with Gasteiger partial charge in [-0.25, -0.2) is 4.79 Å². The van der Waals surface area contributed by atoms with Crippen LogP contribution in [0.1, 0.15) is 19.4 Å². The Morgan fingerprint density at radius 1 is 1.47 bits per heavy atom. The van der Waals surface area contributed by atoms with Gasteiger partial charge in [-0.3, -0.25) is 0 Å². The summed E-state index contributed by atoms with van der Waals surface area (Å²) >= 11 is 0. The molecule has 0 saturated heterocycles. The van der Waals surface area contributed by atoms with Gasteiger partial charge in [-0.15, -0.1) is 0 Å². The second-order valence-electron chi connectivity index (χ2n) is 3.73. The Kier molecular flexibility index (Phi) is 4.12. The number of carbonyl (C=O) groups is 1. The molecular weight excluding hydrogens is 190 g/mol. The molecular formula is C11H17N3O. The van der Waals surface area contributed by atoms with Gasteiger partial charge in [-0.1, -0.05) is 26.0 Å². The van der Waals surface area contributed by atoms with Gasteiger partial charge in [0.25, 0.3) is 0 Å². The standard InChI is InChI=1S/C11H17N3O/c1-8(2)13-7-9-4-3-5-10(6-9)14-11(12)15/h3-6,8,13H,7H2,1-2H3,(H3,12,14,15). The van der Waals surface area contributed by atoms with Crippen molar-refractivity contribution < 1.29 is 4.79 Å². The highest BCUT2D eigenvalue weighted by Gasteiger charge is 1.98. The fourth-order valence-corrected chi connectivity index (χ4v) is 1.22. The minimum absolute atomic E-state index is 0.442. The number of carbonyl (C=O) groups excluding carboxylic acids is 1. The molecule has 0 atom stereocenters. The van der Waals surface area contributed by atoms with Gasteiger partial charge in [0.15, 0.2) is 0 Å². The largest absolute Gasteiger partial charge is 0.351 e. The van der Waals surface area contributed by atoms with Gasteiger partial charge < -0.3 is 16.4 Å². The van der Waals surface area contributed by atoms with E-state index in [0.29, 0.717) is 6.04 Å². The van der Waals surface area contributed by atoms with Crippen LogP contribution in [0, 0.1) is 0 Å². The highest BCUT2D eigenvalue weighted by atomic mass is 16.2. The third kappa shape index (κ3) is 4.46. The minimum Gasteiger partial charge on any atom is -0.351 e. The Morgan fingerprint density at radius 3 is 2.80 bits per heavy atom. The first-order valence-corrected chi connectivity index (χ1v) is 4.96. The Morgan fingerprint density at radius 2 is 2.20 bits per heavy atom. The van der Waals surface area contributed by atoms with Crippen molar-refractivity contribution in [3.05, 3.63) is 29.8 Å². The maximum absolute atomic E-state index is 10.6. The van der Waals surface area contributed by atoms with E-state index in [1.165, 1.54) is 0 Å². The van der Waals surface area contributed by atoms with Crippen LogP contribution in [-0.4, -0.2) is 12.1 Å². The molecule has 0 saturated carbocycles. The van der Waals surface area contributed by atoms with Crippen LogP contribution in [0.2, 0.25) is 0 Å². The molecule has 0 heterocycles. The van der Waals surface area contributed by atoms with Gasteiger partial charge in [-0.2, -0.15) is 0 Å². The third-order valence-corrected chi connectivity index (χ3v) is 1.91. The lowest BCUT2D eigenvalue weighted by molar-refractivity contribution is 0.259. The summed E-state index contributed by atoms with van der Waals surface area (Å²) in [6.45, 7) is 4.96. The number of hydrogen-bond acceptors (Lipinski definition) is 2. The summed E-state index contributed by atoms with van der Waals surface area (Å²) in [5, 5.41) is 5.84. The summed E-state index contributed by atoms with van der Waals surface area (Å²) in [6.07, 6.45) is 0. The topological polar surface area (TPSA) is 67.2 Å². The van der Waals surface area contributed by atoms with Crippen molar-refractivity contribution in [2.24, 2.45) is 5.73 Å². The van der Waals surface area contributed by atoms with Crippen molar-refractivity contribution in [3.8, 4) is 0 Å². The van der Waals surface area contributed by atoms with Crippen LogP contribution >= 0.6 is 0 Å². The molecule has 0 aliphatic rings. The van der Waals surface area contributed by atoms with Crippen LogP contribution in [0.15, 0.2) is 24.3 Å². The summed E-state index contributed by atoms with van der Waals surface area (Å²) < 4.78 is 0. The first kappa shape index (κ1) is 11.5. The summed E-state index contributed by atoms with van der Waals surface area (Å²) in [6, 6.07) is 7.51. The number of urea groups is 1. The third-order valence-electron chi connectivity index (χ3n) is 1.91. The molecule has 0 unspecified atom stereocenters. The summed E-state index contributed by atoms with van der Waals surface area (Å²) in [5.74, 6) is 0. The Bertz CT molecular complexity index is 336. The minimum atomic E-state index is -0.538. The lowest BCUT2D eigenvalue weighted by Gasteiger charge is -2.09. The number of benzene rings is 1. The normalized spacial score (nSPS) is 10.3. The molecule has 0 radical (unpaired) electrons. The zero-order valence-corrected chi connectivity index (χ0v) is 9.08. The molecule has 1 aromatic carbocycles. The maximum Gasteiger partial charge on any atom is 0.316 e. The summed E-state index contributed by atoms with van der Waals surface area (Å²) in [5.41, 5.74) is 6.88.